The molecule has 1 aromatic rings. The highest BCUT2D eigenvalue weighted by atomic mass is 16.6. The Labute approximate surface area is 154 Å². The Hall–Kier alpha value is -2.24. The van der Waals surface area contributed by atoms with Gasteiger partial charge < -0.3 is 19.7 Å². The van der Waals surface area contributed by atoms with Crippen LogP contribution in [0.1, 0.15) is 52.5 Å². The zero-order valence-corrected chi connectivity index (χ0v) is 16.0. The van der Waals surface area contributed by atoms with Crippen LogP contribution in [0.4, 0.5) is 9.59 Å². The Balaban J connectivity index is 1.48. The quantitative estimate of drug-likeness (QED) is 0.889. The Morgan fingerprint density at radius 2 is 1.85 bits per heavy atom. The number of nitrogens with one attached hydrogen (secondary N) is 1. The van der Waals surface area contributed by atoms with Gasteiger partial charge in [0.1, 0.15) is 12.2 Å². The first-order valence-electron chi connectivity index (χ1n) is 9.10. The first kappa shape index (κ1) is 18.5. The van der Waals surface area contributed by atoms with Crippen molar-refractivity contribution in [3.05, 3.63) is 35.9 Å². The second-order valence-corrected chi connectivity index (χ2v) is 8.71. The van der Waals surface area contributed by atoms with Gasteiger partial charge in [0, 0.05) is 12.1 Å². The van der Waals surface area contributed by atoms with Crippen molar-refractivity contribution in [3.8, 4) is 0 Å². The number of rotatable bonds is 3. The predicted molar refractivity (Wildman–Crippen MR) is 97.7 cm³/mol. The van der Waals surface area contributed by atoms with Crippen molar-refractivity contribution < 1.29 is 19.1 Å². The van der Waals surface area contributed by atoms with Crippen molar-refractivity contribution in [1.29, 1.82) is 0 Å². The number of likely N-dealkylation sites (tertiary alicyclic amines) is 1. The Morgan fingerprint density at radius 3 is 2.38 bits per heavy atom. The highest BCUT2D eigenvalue weighted by Gasteiger charge is 2.62. The second kappa shape index (κ2) is 6.49. The van der Waals surface area contributed by atoms with Gasteiger partial charge in [0.05, 0.1) is 5.54 Å². The zero-order valence-electron chi connectivity index (χ0n) is 16.0. The van der Waals surface area contributed by atoms with Crippen LogP contribution in [-0.4, -0.2) is 40.3 Å². The van der Waals surface area contributed by atoms with E-state index in [2.05, 4.69) is 5.32 Å². The minimum atomic E-state index is -0.500. The fraction of sp³-hybridized carbons (Fsp3) is 0.600. The number of nitrogens with zero attached hydrogens (tertiary/aromatic N) is 1. The molecule has 2 aliphatic rings. The fourth-order valence-electron chi connectivity index (χ4n) is 4.00. The summed E-state index contributed by atoms with van der Waals surface area (Å²) in [6, 6.07) is 9.58. The molecule has 0 atom stereocenters. The molecular formula is C20H28N2O4. The van der Waals surface area contributed by atoms with Crippen molar-refractivity contribution in [2.24, 2.45) is 0 Å². The van der Waals surface area contributed by atoms with Gasteiger partial charge in [-0.15, -0.1) is 0 Å². The highest BCUT2D eigenvalue weighted by Crippen LogP contribution is 2.53. The summed E-state index contributed by atoms with van der Waals surface area (Å²) in [6.07, 6.45) is 1.70. The normalized spacial score (nSPS) is 27.3. The minimum Gasteiger partial charge on any atom is -0.445 e. The van der Waals surface area contributed by atoms with Crippen molar-refractivity contribution in [1.82, 2.24) is 10.2 Å². The van der Waals surface area contributed by atoms with E-state index in [1.165, 1.54) is 0 Å². The standard InChI is InChI=1S/C20H28N2O4/c1-18(2,3)26-17(24)22-11-10-20(22)13-19(4,14-20)21-16(23)25-12-15-8-6-5-7-9-15/h5-9H,10-14H2,1-4H3,(H,21,23). The maximum absolute atomic E-state index is 12.3. The lowest BCUT2D eigenvalue weighted by Crippen LogP contribution is -2.76. The molecule has 3 rings (SSSR count). The van der Waals surface area contributed by atoms with E-state index in [4.69, 9.17) is 9.47 Å². The van der Waals surface area contributed by atoms with Crippen LogP contribution in [0.2, 0.25) is 0 Å². The monoisotopic (exact) mass is 360 g/mol. The molecule has 0 radical (unpaired) electrons. The summed E-state index contributed by atoms with van der Waals surface area (Å²) < 4.78 is 10.8. The number of hydrogen-bond donors (Lipinski definition) is 1. The topological polar surface area (TPSA) is 67.9 Å². The van der Waals surface area contributed by atoms with E-state index in [0.717, 1.165) is 24.8 Å². The molecule has 2 fully saturated rings. The summed E-state index contributed by atoms with van der Waals surface area (Å²) in [5.41, 5.74) is -0.0773. The van der Waals surface area contributed by atoms with Crippen LogP contribution >= 0.6 is 0 Å². The van der Waals surface area contributed by atoms with Gasteiger partial charge in [-0.25, -0.2) is 9.59 Å². The lowest BCUT2D eigenvalue weighted by molar-refractivity contribution is -0.114. The van der Waals surface area contributed by atoms with E-state index in [0.29, 0.717) is 6.54 Å². The van der Waals surface area contributed by atoms with Crippen molar-refractivity contribution in [2.45, 2.75) is 70.2 Å². The summed E-state index contributed by atoms with van der Waals surface area (Å²) in [5, 5.41) is 2.95. The Morgan fingerprint density at radius 1 is 1.19 bits per heavy atom. The highest BCUT2D eigenvalue weighted by molar-refractivity contribution is 5.72. The first-order chi connectivity index (χ1) is 12.1. The van der Waals surface area contributed by atoms with Gasteiger partial charge in [0.2, 0.25) is 0 Å². The van der Waals surface area contributed by atoms with Crippen molar-refractivity contribution in [3.63, 3.8) is 0 Å². The summed E-state index contributed by atoms with van der Waals surface area (Å²) in [7, 11) is 0. The third kappa shape index (κ3) is 3.94. The number of carbonyl (C=O) groups is 2. The molecule has 0 aromatic heterocycles. The van der Waals surface area contributed by atoms with Crippen LogP contribution in [-0.2, 0) is 16.1 Å². The zero-order chi connectivity index (χ0) is 19.0. The van der Waals surface area contributed by atoms with Gasteiger partial charge in [-0.2, -0.15) is 0 Å². The van der Waals surface area contributed by atoms with Crippen LogP contribution in [0.5, 0.6) is 0 Å². The average molecular weight is 360 g/mol. The van der Waals surface area contributed by atoms with E-state index in [1.807, 2.05) is 58.0 Å². The van der Waals surface area contributed by atoms with E-state index in [1.54, 1.807) is 4.90 Å². The van der Waals surface area contributed by atoms with Crippen LogP contribution < -0.4 is 5.32 Å². The maximum Gasteiger partial charge on any atom is 0.410 e. The van der Waals surface area contributed by atoms with E-state index >= 15 is 0 Å². The summed E-state index contributed by atoms with van der Waals surface area (Å²) in [4.78, 5) is 26.2. The maximum atomic E-state index is 12.3. The number of alkyl carbamates (subject to hydrolysis) is 1. The number of carbonyl (C=O) groups excluding carboxylic acids is 2. The molecule has 2 amide bonds. The summed E-state index contributed by atoms with van der Waals surface area (Å²) >= 11 is 0. The molecule has 26 heavy (non-hydrogen) atoms. The van der Waals surface area contributed by atoms with Crippen LogP contribution in [0, 0.1) is 0 Å². The minimum absolute atomic E-state index is 0.177. The van der Waals surface area contributed by atoms with Gasteiger partial charge in [-0.05, 0) is 52.5 Å². The summed E-state index contributed by atoms with van der Waals surface area (Å²) in [5.74, 6) is 0. The molecule has 1 aliphatic heterocycles. The summed E-state index contributed by atoms with van der Waals surface area (Å²) in [6.45, 7) is 8.56. The fourth-order valence-corrected chi connectivity index (χ4v) is 4.00. The van der Waals surface area contributed by atoms with Gasteiger partial charge in [-0.3, -0.25) is 0 Å². The lowest BCUT2D eigenvalue weighted by Gasteiger charge is -2.64. The van der Waals surface area contributed by atoms with Crippen LogP contribution in [0.25, 0.3) is 0 Å². The molecule has 1 saturated heterocycles. The SMILES string of the molecule is CC1(NC(=O)OCc2ccccc2)CC2(CCN2C(=O)OC(C)(C)C)C1. The van der Waals surface area contributed by atoms with E-state index in [9.17, 15) is 9.59 Å². The van der Waals surface area contributed by atoms with Gasteiger partial charge in [0.25, 0.3) is 0 Å². The van der Waals surface area contributed by atoms with Gasteiger partial charge in [-0.1, -0.05) is 30.3 Å². The van der Waals surface area contributed by atoms with Crippen molar-refractivity contribution in [2.75, 3.05) is 6.54 Å². The smallest absolute Gasteiger partial charge is 0.410 e. The van der Waals surface area contributed by atoms with E-state index < -0.39 is 11.7 Å². The molecule has 6 nitrogen and oxygen atoms in total. The second-order valence-electron chi connectivity index (χ2n) is 8.71. The molecule has 0 bridgehead atoms. The Kier molecular flexibility index (Phi) is 4.63. The molecule has 1 N–H and O–H groups in total. The molecule has 1 spiro atoms. The molecule has 1 aromatic carbocycles. The number of ether oxygens (including phenoxy) is 2. The van der Waals surface area contributed by atoms with Crippen LogP contribution in [0.3, 0.4) is 0 Å². The molecule has 0 unspecified atom stereocenters. The first-order valence-corrected chi connectivity index (χ1v) is 9.10. The van der Waals surface area contributed by atoms with Gasteiger partial charge in [0.15, 0.2) is 0 Å². The third-order valence-electron chi connectivity index (χ3n) is 5.04. The molecule has 142 valence electrons. The molecule has 1 heterocycles. The number of hydrogen-bond acceptors (Lipinski definition) is 4. The lowest BCUT2D eigenvalue weighted by atomic mass is 9.58. The van der Waals surface area contributed by atoms with Crippen molar-refractivity contribution >= 4 is 12.2 Å². The largest absolute Gasteiger partial charge is 0.445 e. The van der Waals surface area contributed by atoms with E-state index in [-0.39, 0.29) is 23.8 Å². The Bertz CT molecular complexity index is 675. The third-order valence-corrected chi connectivity index (χ3v) is 5.04. The number of benzene rings is 1. The molecular weight excluding hydrogens is 332 g/mol. The molecule has 1 saturated carbocycles. The van der Waals surface area contributed by atoms with Gasteiger partial charge >= 0.3 is 12.2 Å². The molecule has 6 heteroatoms. The molecule has 1 aliphatic carbocycles. The van der Waals surface area contributed by atoms with Crippen LogP contribution in [0.15, 0.2) is 30.3 Å². The number of amides is 2. The predicted octanol–water partition coefficient (Wildman–Crippen LogP) is 3.84. The average Bonchev–Trinajstić information content (AvgIpc) is 2.48.